The van der Waals surface area contributed by atoms with Gasteiger partial charge in [0.25, 0.3) is 0 Å². The van der Waals surface area contributed by atoms with Crippen molar-refractivity contribution in [2.45, 2.75) is 12.2 Å². The van der Waals surface area contributed by atoms with Gasteiger partial charge in [0.15, 0.2) is 0 Å². The van der Waals surface area contributed by atoms with Crippen LogP contribution in [0.15, 0.2) is 54.6 Å². The van der Waals surface area contributed by atoms with E-state index >= 15 is 0 Å². The van der Waals surface area contributed by atoms with Gasteiger partial charge in [-0.05, 0) is 25.1 Å². The third-order valence-corrected chi connectivity index (χ3v) is 5.45. The quantitative estimate of drug-likeness (QED) is 0.755. The van der Waals surface area contributed by atoms with Crippen LogP contribution in [-0.4, -0.2) is 21.4 Å². The van der Waals surface area contributed by atoms with Crippen LogP contribution < -0.4 is 5.32 Å². The Morgan fingerprint density at radius 2 is 1.88 bits per heavy atom. The molecule has 2 aromatic carbocycles. The molecule has 4 nitrogen and oxygen atoms in total. The van der Waals surface area contributed by atoms with Gasteiger partial charge in [0.2, 0.25) is 5.91 Å². The molecule has 0 spiro atoms. The van der Waals surface area contributed by atoms with E-state index in [1.54, 1.807) is 16.8 Å². The van der Waals surface area contributed by atoms with Gasteiger partial charge in [-0.3, -0.25) is 4.79 Å². The maximum Gasteiger partial charge on any atom is 0.235 e. The number of nitrogens with one attached hydrogen (secondary N) is 1. The van der Waals surface area contributed by atoms with Crippen LogP contribution in [0.5, 0.6) is 0 Å². The van der Waals surface area contributed by atoms with Gasteiger partial charge >= 0.3 is 0 Å². The molecule has 1 aliphatic heterocycles. The highest BCUT2D eigenvalue weighted by Gasteiger charge is 2.31. The molecule has 3 aromatic rings. The average molecular weight is 353 g/mol. The van der Waals surface area contributed by atoms with E-state index in [0.717, 1.165) is 16.9 Å². The fraction of sp³-hybridized carbons (Fsp3) is 0.158. The Hall–Kier alpha value is -2.60. The molecule has 4 rings (SSSR count). The summed E-state index contributed by atoms with van der Waals surface area (Å²) in [6.45, 7) is 1.89. The lowest BCUT2D eigenvalue weighted by Crippen LogP contribution is -2.15. The lowest BCUT2D eigenvalue weighted by Gasteiger charge is -2.16. The molecule has 0 fully saturated rings. The first-order valence-corrected chi connectivity index (χ1v) is 9.01. The van der Waals surface area contributed by atoms with Crippen LogP contribution in [0.2, 0.25) is 0 Å². The second-order valence-corrected chi connectivity index (χ2v) is 6.95. The number of hydrogen-bond acceptors (Lipinski definition) is 3. The van der Waals surface area contributed by atoms with Gasteiger partial charge in [-0.25, -0.2) is 9.07 Å². The van der Waals surface area contributed by atoms with Crippen molar-refractivity contribution >= 4 is 23.5 Å². The largest absolute Gasteiger partial charge is 0.310 e. The van der Waals surface area contributed by atoms with Crippen molar-refractivity contribution < 1.29 is 9.18 Å². The number of hydrogen-bond donors (Lipinski definition) is 1. The van der Waals surface area contributed by atoms with Crippen molar-refractivity contribution in [3.05, 3.63) is 77.2 Å². The first-order valence-electron chi connectivity index (χ1n) is 7.96. The van der Waals surface area contributed by atoms with Gasteiger partial charge in [-0.15, -0.1) is 11.8 Å². The van der Waals surface area contributed by atoms with Crippen LogP contribution in [0.3, 0.4) is 0 Å². The predicted octanol–water partition coefficient (Wildman–Crippen LogP) is 4.09. The van der Waals surface area contributed by atoms with E-state index in [1.165, 1.54) is 17.8 Å². The van der Waals surface area contributed by atoms with Gasteiger partial charge in [0.05, 0.1) is 22.4 Å². The Bertz CT molecular complexity index is 939. The van der Waals surface area contributed by atoms with Gasteiger partial charge < -0.3 is 5.32 Å². The molecule has 1 aromatic heterocycles. The van der Waals surface area contributed by atoms with Crippen molar-refractivity contribution in [1.82, 2.24) is 9.78 Å². The smallest absolute Gasteiger partial charge is 0.235 e. The Balaban J connectivity index is 1.92. The van der Waals surface area contributed by atoms with E-state index in [9.17, 15) is 9.18 Å². The number of anilines is 1. The monoisotopic (exact) mass is 353 g/mol. The molecule has 1 unspecified atom stereocenters. The maximum absolute atomic E-state index is 14.4. The van der Waals surface area contributed by atoms with E-state index in [-0.39, 0.29) is 22.7 Å². The lowest BCUT2D eigenvalue weighted by atomic mass is 10.0. The molecule has 25 heavy (non-hydrogen) atoms. The molecule has 1 amide bonds. The summed E-state index contributed by atoms with van der Waals surface area (Å²) >= 11 is 1.42. The summed E-state index contributed by atoms with van der Waals surface area (Å²) in [5.41, 5.74) is 3.05. The molecular formula is C19H16FN3OS. The van der Waals surface area contributed by atoms with Gasteiger partial charge in [-0.2, -0.15) is 5.10 Å². The van der Waals surface area contributed by atoms with Crippen LogP contribution in [0.4, 0.5) is 10.2 Å². The summed E-state index contributed by atoms with van der Waals surface area (Å²) < 4.78 is 16.1. The number of aryl methyl sites for hydroxylation is 1. The molecule has 1 N–H and O–H groups in total. The highest BCUT2D eigenvalue weighted by Crippen LogP contribution is 2.44. The molecule has 2 heterocycles. The van der Waals surface area contributed by atoms with E-state index in [1.807, 2.05) is 43.3 Å². The summed E-state index contributed by atoms with van der Waals surface area (Å²) in [5, 5.41) is 7.27. The summed E-state index contributed by atoms with van der Waals surface area (Å²) in [6, 6.07) is 16.3. The number of carbonyl (C=O) groups excluding carboxylic acids is 1. The zero-order valence-corrected chi connectivity index (χ0v) is 14.4. The maximum atomic E-state index is 14.4. The lowest BCUT2D eigenvalue weighted by molar-refractivity contribution is -0.113. The second-order valence-electron chi connectivity index (χ2n) is 5.86. The van der Waals surface area contributed by atoms with Crippen molar-refractivity contribution in [2.75, 3.05) is 11.1 Å². The molecular weight excluding hydrogens is 337 g/mol. The van der Waals surface area contributed by atoms with Crippen molar-refractivity contribution in [2.24, 2.45) is 0 Å². The molecule has 0 radical (unpaired) electrons. The van der Waals surface area contributed by atoms with Crippen LogP contribution in [0, 0.1) is 12.7 Å². The van der Waals surface area contributed by atoms with Crippen LogP contribution in [-0.2, 0) is 4.79 Å². The number of fused-ring (bicyclic) bond motifs is 1. The highest BCUT2D eigenvalue weighted by atomic mass is 32.2. The minimum Gasteiger partial charge on any atom is -0.310 e. The van der Waals surface area contributed by atoms with Crippen molar-refractivity contribution in [3.63, 3.8) is 0 Å². The van der Waals surface area contributed by atoms with Gasteiger partial charge in [0, 0.05) is 11.1 Å². The Morgan fingerprint density at radius 1 is 1.16 bits per heavy atom. The molecule has 1 aliphatic rings. The molecule has 0 aliphatic carbocycles. The second kappa shape index (κ2) is 6.37. The van der Waals surface area contributed by atoms with Crippen LogP contribution in [0.1, 0.15) is 22.1 Å². The summed E-state index contributed by atoms with van der Waals surface area (Å²) in [7, 11) is 0. The summed E-state index contributed by atoms with van der Waals surface area (Å²) in [5.74, 6) is 0.503. The Kier molecular flexibility index (Phi) is 4.05. The van der Waals surface area contributed by atoms with Gasteiger partial charge in [0.1, 0.15) is 11.6 Å². The zero-order chi connectivity index (χ0) is 17.4. The number of carbonyl (C=O) groups is 1. The minimum atomic E-state index is -0.285. The Labute approximate surface area is 149 Å². The van der Waals surface area contributed by atoms with Crippen molar-refractivity contribution in [3.8, 4) is 5.69 Å². The number of halogens is 1. The molecule has 6 heteroatoms. The Morgan fingerprint density at radius 3 is 2.64 bits per heavy atom. The SMILES string of the molecule is Cc1nn(-c2ccccc2)c2c1C(c1ccccc1F)SCC(=O)N2. The number of aromatic nitrogens is 2. The fourth-order valence-electron chi connectivity index (χ4n) is 3.07. The van der Waals surface area contributed by atoms with E-state index < -0.39 is 0 Å². The third-order valence-electron chi connectivity index (χ3n) is 4.20. The van der Waals surface area contributed by atoms with E-state index in [0.29, 0.717) is 11.4 Å². The molecule has 0 saturated carbocycles. The summed E-state index contributed by atoms with van der Waals surface area (Å²) in [6.07, 6.45) is 0. The molecule has 0 saturated heterocycles. The topological polar surface area (TPSA) is 46.9 Å². The number of rotatable bonds is 2. The fourth-order valence-corrected chi connectivity index (χ4v) is 4.28. The number of para-hydroxylation sites is 1. The van der Waals surface area contributed by atoms with E-state index in [2.05, 4.69) is 10.4 Å². The third kappa shape index (κ3) is 2.82. The standard InChI is InChI=1S/C19H16FN3OS/c1-12-17-18(14-9-5-6-10-15(14)20)25-11-16(24)21-19(17)23(22-12)13-7-3-2-4-8-13/h2-10,18H,11H2,1H3,(H,21,24). The molecule has 126 valence electrons. The number of benzene rings is 2. The molecule has 0 bridgehead atoms. The zero-order valence-electron chi connectivity index (χ0n) is 13.6. The normalized spacial score (nSPS) is 16.9. The predicted molar refractivity (Wildman–Crippen MR) is 97.6 cm³/mol. The number of nitrogens with zero attached hydrogens (tertiary/aromatic N) is 2. The van der Waals surface area contributed by atoms with Gasteiger partial charge in [-0.1, -0.05) is 36.4 Å². The first-order chi connectivity index (χ1) is 12.1. The van der Waals surface area contributed by atoms with Crippen molar-refractivity contribution in [1.29, 1.82) is 0 Å². The minimum absolute atomic E-state index is 0.109. The number of thioether (sulfide) groups is 1. The highest BCUT2D eigenvalue weighted by molar-refractivity contribution is 8.00. The molecule has 1 atom stereocenters. The number of amides is 1. The first kappa shape index (κ1) is 15.9. The van der Waals surface area contributed by atoms with Crippen LogP contribution >= 0.6 is 11.8 Å². The average Bonchev–Trinajstić information content (AvgIpc) is 2.83. The van der Waals surface area contributed by atoms with Crippen LogP contribution in [0.25, 0.3) is 5.69 Å². The summed E-state index contributed by atoms with van der Waals surface area (Å²) in [4.78, 5) is 12.2. The van der Waals surface area contributed by atoms with E-state index in [4.69, 9.17) is 0 Å².